The predicted molar refractivity (Wildman–Crippen MR) is 79.1 cm³/mol. The molecule has 0 atom stereocenters. The van der Waals surface area contributed by atoms with E-state index in [1.165, 1.54) is 12.1 Å². The van der Waals surface area contributed by atoms with Crippen LogP contribution in [0.1, 0.15) is 50.5 Å². The molecule has 116 valence electrons. The number of aromatic carboxylic acids is 1. The van der Waals surface area contributed by atoms with Crippen molar-refractivity contribution in [3.8, 4) is 5.75 Å². The summed E-state index contributed by atoms with van der Waals surface area (Å²) in [4.78, 5) is 22.1. The average Bonchev–Trinajstić information content (AvgIpc) is 2.33. The van der Waals surface area contributed by atoms with Gasteiger partial charge < -0.3 is 9.84 Å². The van der Waals surface area contributed by atoms with E-state index in [4.69, 9.17) is 4.74 Å². The molecule has 0 fully saturated rings. The van der Waals surface area contributed by atoms with Crippen molar-refractivity contribution < 1.29 is 19.6 Å². The van der Waals surface area contributed by atoms with Crippen LogP contribution in [0.5, 0.6) is 5.75 Å². The minimum atomic E-state index is -1.23. The van der Waals surface area contributed by atoms with Crippen LogP contribution in [-0.2, 0) is 5.41 Å². The van der Waals surface area contributed by atoms with Crippen molar-refractivity contribution in [3.63, 3.8) is 0 Å². The van der Waals surface area contributed by atoms with Crippen molar-refractivity contribution >= 4 is 11.7 Å². The summed E-state index contributed by atoms with van der Waals surface area (Å²) in [6, 6.07) is 2.84. The molecule has 0 unspecified atom stereocenters. The third kappa shape index (κ3) is 4.18. The molecule has 0 saturated carbocycles. The standard InChI is InChI=1S/C15H21NO5/c1-9(2)8-21-13-11(14(17)18)6-10(15(3,4)5)7-12(13)16(19)20/h6-7,9H,8H2,1-5H3,(H,17,18). The summed E-state index contributed by atoms with van der Waals surface area (Å²) in [5, 5.41) is 20.6. The highest BCUT2D eigenvalue weighted by molar-refractivity contribution is 5.93. The molecular formula is C15H21NO5. The molecule has 1 aromatic rings. The number of hydrogen-bond donors (Lipinski definition) is 1. The topological polar surface area (TPSA) is 89.7 Å². The van der Waals surface area contributed by atoms with Crippen LogP contribution in [0.4, 0.5) is 5.69 Å². The lowest BCUT2D eigenvalue weighted by Gasteiger charge is -2.21. The number of ether oxygens (including phenoxy) is 1. The number of carbonyl (C=O) groups is 1. The van der Waals surface area contributed by atoms with Gasteiger partial charge in [-0.15, -0.1) is 0 Å². The maximum Gasteiger partial charge on any atom is 0.339 e. The second-order valence-electron chi connectivity index (χ2n) is 6.39. The quantitative estimate of drug-likeness (QED) is 0.661. The first-order chi connectivity index (χ1) is 9.54. The first-order valence-corrected chi connectivity index (χ1v) is 6.73. The fourth-order valence-electron chi connectivity index (χ4n) is 1.74. The predicted octanol–water partition coefficient (Wildman–Crippen LogP) is 3.63. The van der Waals surface area contributed by atoms with Crippen LogP contribution in [0.3, 0.4) is 0 Å². The van der Waals surface area contributed by atoms with Gasteiger partial charge in [0.25, 0.3) is 0 Å². The van der Waals surface area contributed by atoms with Gasteiger partial charge in [-0.25, -0.2) is 4.79 Å². The lowest BCUT2D eigenvalue weighted by molar-refractivity contribution is -0.386. The number of nitro benzene ring substituents is 1. The Kier molecular flexibility index (Phi) is 4.93. The number of nitrogens with zero attached hydrogens (tertiary/aromatic N) is 1. The van der Waals surface area contributed by atoms with Gasteiger partial charge in [0.05, 0.1) is 11.5 Å². The summed E-state index contributed by atoms with van der Waals surface area (Å²) in [7, 11) is 0. The summed E-state index contributed by atoms with van der Waals surface area (Å²) in [5.41, 5.74) is -0.287. The minimum absolute atomic E-state index is 0.133. The van der Waals surface area contributed by atoms with Crippen LogP contribution in [0.2, 0.25) is 0 Å². The highest BCUT2D eigenvalue weighted by Crippen LogP contribution is 2.37. The van der Waals surface area contributed by atoms with Crippen molar-refractivity contribution in [1.82, 2.24) is 0 Å². The summed E-state index contributed by atoms with van der Waals surface area (Å²) >= 11 is 0. The van der Waals surface area contributed by atoms with Gasteiger partial charge in [0.15, 0.2) is 0 Å². The van der Waals surface area contributed by atoms with Gasteiger partial charge in [0, 0.05) is 6.07 Å². The number of rotatable bonds is 5. The molecule has 0 radical (unpaired) electrons. The van der Waals surface area contributed by atoms with Crippen LogP contribution in [0, 0.1) is 16.0 Å². The molecule has 1 rings (SSSR count). The Morgan fingerprint density at radius 3 is 2.33 bits per heavy atom. The summed E-state index contributed by atoms with van der Waals surface area (Å²) in [6.45, 7) is 9.59. The van der Waals surface area contributed by atoms with Gasteiger partial charge in [-0.3, -0.25) is 10.1 Å². The van der Waals surface area contributed by atoms with Crippen molar-refractivity contribution in [1.29, 1.82) is 0 Å². The first kappa shape index (κ1) is 16.9. The molecule has 0 spiro atoms. The summed E-state index contributed by atoms with van der Waals surface area (Å²) in [5.74, 6) is -1.27. The molecule has 0 aliphatic rings. The van der Waals surface area contributed by atoms with Crippen LogP contribution in [0.15, 0.2) is 12.1 Å². The Morgan fingerprint density at radius 2 is 1.95 bits per heavy atom. The summed E-state index contributed by atoms with van der Waals surface area (Å²) < 4.78 is 5.40. The van der Waals surface area contributed by atoms with Crippen molar-refractivity contribution in [3.05, 3.63) is 33.4 Å². The van der Waals surface area contributed by atoms with E-state index in [2.05, 4.69) is 0 Å². The van der Waals surface area contributed by atoms with Crippen molar-refractivity contribution in [2.45, 2.75) is 40.0 Å². The lowest BCUT2D eigenvalue weighted by atomic mass is 9.85. The number of carboxylic acids is 1. The molecule has 0 heterocycles. The van der Waals surface area contributed by atoms with Gasteiger partial charge in [-0.05, 0) is 23.0 Å². The van der Waals surface area contributed by atoms with E-state index < -0.39 is 16.3 Å². The van der Waals surface area contributed by atoms with Crippen molar-refractivity contribution in [2.75, 3.05) is 6.61 Å². The van der Waals surface area contributed by atoms with Gasteiger partial charge in [-0.2, -0.15) is 0 Å². The number of carboxylic acid groups (broad SMARTS) is 1. The Balaban J connectivity index is 3.51. The third-order valence-electron chi connectivity index (χ3n) is 2.92. The monoisotopic (exact) mass is 295 g/mol. The van der Waals surface area contributed by atoms with Crippen LogP contribution >= 0.6 is 0 Å². The van der Waals surface area contributed by atoms with Crippen LogP contribution < -0.4 is 4.74 Å². The fraction of sp³-hybridized carbons (Fsp3) is 0.533. The smallest absolute Gasteiger partial charge is 0.339 e. The highest BCUT2D eigenvalue weighted by Gasteiger charge is 2.28. The molecule has 0 aliphatic carbocycles. The molecular weight excluding hydrogens is 274 g/mol. The zero-order valence-corrected chi connectivity index (χ0v) is 13.0. The molecule has 0 bridgehead atoms. The molecule has 0 aromatic heterocycles. The van der Waals surface area contributed by atoms with Gasteiger partial charge in [0.2, 0.25) is 5.75 Å². The van der Waals surface area contributed by atoms with E-state index in [0.29, 0.717) is 5.56 Å². The van der Waals surface area contributed by atoms with E-state index in [1.54, 1.807) is 0 Å². The van der Waals surface area contributed by atoms with E-state index in [9.17, 15) is 20.0 Å². The third-order valence-corrected chi connectivity index (χ3v) is 2.92. The molecule has 6 heteroatoms. The van der Waals surface area contributed by atoms with E-state index >= 15 is 0 Å². The Bertz CT molecular complexity index is 523. The SMILES string of the molecule is CC(C)COc1c(C(=O)O)cc(C(C)(C)C)cc1[N+](=O)[O-]. The summed E-state index contributed by atoms with van der Waals surface area (Å²) in [6.07, 6.45) is 0. The number of nitro groups is 1. The van der Waals surface area contributed by atoms with Gasteiger partial charge >= 0.3 is 11.7 Å². The Hall–Kier alpha value is -2.11. The van der Waals surface area contributed by atoms with Crippen molar-refractivity contribution in [2.24, 2.45) is 5.92 Å². The Labute approximate surface area is 123 Å². The lowest BCUT2D eigenvalue weighted by Crippen LogP contribution is -2.16. The minimum Gasteiger partial charge on any atom is -0.486 e. The maximum absolute atomic E-state index is 11.4. The number of benzene rings is 1. The molecule has 0 saturated heterocycles. The molecule has 6 nitrogen and oxygen atoms in total. The van der Waals surface area contributed by atoms with Gasteiger partial charge in [0.1, 0.15) is 5.56 Å². The van der Waals surface area contributed by atoms with Crippen LogP contribution in [-0.4, -0.2) is 22.6 Å². The van der Waals surface area contributed by atoms with E-state index in [-0.39, 0.29) is 29.5 Å². The normalized spacial score (nSPS) is 11.5. The Morgan fingerprint density at radius 1 is 1.38 bits per heavy atom. The molecule has 1 aromatic carbocycles. The molecule has 21 heavy (non-hydrogen) atoms. The zero-order valence-electron chi connectivity index (χ0n) is 13.0. The second-order valence-corrected chi connectivity index (χ2v) is 6.39. The number of hydrogen-bond acceptors (Lipinski definition) is 4. The highest BCUT2D eigenvalue weighted by atomic mass is 16.6. The zero-order chi connectivity index (χ0) is 16.4. The first-order valence-electron chi connectivity index (χ1n) is 6.73. The van der Waals surface area contributed by atoms with Gasteiger partial charge in [-0.1, -0.05) is 34.6 Å². The molecule has 0 amide bonds. The average molecular weight is 295 g/mol. The van der Waals surface area contributed by atoms with E-state index in [1.807, 2.05) is 34.6 Å². The molecule has 1 N–H and O–H groups in total. The van der Waals surface area contributed by atoms with E-state index in [0.717, 1.165) is 0 Å². The second kappa shape index (κ2) is 6.11. The molecule has 0 aliphatic heterocycles. The van der Waals surface area contributed by atoms with Crippen LogP contribution in [0.25, 0.3) is 0 Å². The largest absolute Gasteiger partial charge is 0.486 e. The fourth-order valence-corrected chi connectivity index (χ4v) is 1.74. The maximum atomic E-state index is 11.4.